The van der Waals surface area contributed by atoms with Crippen molar-refractivity contribution in [1.29, 1.82) is 0 Å². The third-order valence-electron chi connectivity index (χ3n) is 2.06. The highest BCUT2D eigenvalue weighted by molar-refractivity contribution is 7.98. The van der Waals surface area contributed by atoms with E-state index in [1.54, 1.807) is 6.20 Å². The molecule has 0 unspecified atom stereocenters. The normalized spacial score (nSPS) is 10.3. The Kier molecular flexibility index (Phi) is 5.95. The van der Waals surface area contributed by atoms with Crippen molar-refractivity contribution in [2.24, 2.45) is 0 Å². The summed E-state index contributed by atoms with van der Waals surface area (Å²) in [6.07, 6.45) is -2.47. The molecule has 2 aromatic rings. The van der Waals surface area contributed by atoms with E-state index < -0.39 is 11.7 Å². The van der Waals surface area contributed by atoms with E-state index in [1.165, 1.54) is 23.9 Å². The zero-order valence-electron chi connectivity index (χ0n) is 9.85. The summed E-state index contributed by atoms with van der Waals surface area (Å²) in [6, 6.07) is 5.10. The van der Waals surface area contributed by atoms with Gasteiger partial charge in [-0.05, 0) is 17.7 Å². The number of H-pyrrole nitrogens is 1. The van der Waals surface area contributed by atoms with Gasteiger partial charge >= 0.3 is 12.3 Å². The first-order chi connectivity index (χ1) is 9.47. The summed E-state index contributed by atoms with van der Waals surface area (Å²) in [5.41, 5.74) is 0.179. The number of hydrogen-bond acceptors (Lipinski definition) is 5. The van der Waals surface area contributed by atoms with Crippen molar-refractivity contribution < 1.29 is 22.8 Å². The lowest BCUT2D eigenvalue weighted by atomic mass is 10.1. The Morgan fingerprint density at radius 1 is 1.20 bits per heavy atom. The number of rotatable bonds is 3. The maximum atomic E-state index is 12.3. The van der Waals surface area contributed by atoms with Crippen LogP contribution in [0.25, 0.3) is 0 Å². The summed E-state index contributed by atoms with van der Waals surface area (Å²) in [4.78, 5) is 16.2. The Morgan fingerprint density at radius 3 is 2.25 bits per heavy atom. The second kappa shape index (κ2) is 7.46. The molecule has 1 heterocycles. The monoisotopic (exact) mass is 303 g/mol. The highest BCUT2D eigenvalue weighted by atomic mass is 32.2. The van der Waals surface area contributed by atoms with Crippen LogP contribution in [0, 0.1) is 0 Å². The molecule has 1 aromatic heterocycles. The minimum absolute atomic E-state index is 0.250. The molecule has 0 aliphatic heterocycles. The SMILES string of the molecule is FC(F)(F)c1ccc(CSc2cn[nH]n2)cc1.O=C=O. The van der Waals surface area contributed by atoms with E-state index in [2.05, 4.69) is 15.4 Å². The Hall–Kier alpha value is -2.12. The van der Waals surface area contributed by atoms with Gasteiger partial charge in [0.25, 0.3) is 0 Å². The number of carbonyl (C=O) groups excluding carboxylic acids is 2. The molecule has 0 aliphatic rings. The Morgan fingerprint density at radius 2 is 1.80 bits per heavy atom. The van der Waals surface area contributed by atoms with E-state index in [9.17, 15) is 13.2 Å². The number of halogens is 3. The molecular formula is C11H8F3N3O2S. The lowest BCUT2D eigenvalue weighted by Crippen LogP contribution is -2.04. The maximum Gasteiger partial charge on any atom is 0.416 e. The highest BCUT2D eigenvalue weighted by Gasteiger charge is 2.29. The molecule has 0 fully saturated rings. The van der Waals surface area contributed by atoms with Gasteiger partial charge in [0.2, 0.25) is 0 Å². The minimum atomic E-state index is -4.28. The van der Waals surface area contributed by atoms with Crippen molar-refractivity contribution in [1.82, 2.24) is 15.4 Å². The molecule has 9 heteroatoms. The van der Waals surface area contributed by atoms with Crippen LogP contribution in [0.4, 0.5) is 13.2 Å². The summed E-state index contributed by atoms with van der Waals surface area (Å²) in [7, 11) is 0. The minimum Gasteiger partial charge on any atom is -0.197 e. The van der Waals surface area contributed by atoms with E-state index in [1.807, 2.05) is 0 Å². The van der Waals surface area contributed by atoms with Gasteiger partial charge in [0.1, 0.15) is 5.03 Å². The summed E-state index contributed by atoms with van der Waals surface area (Å²) in [5, 5.41) is 10.6. The summed E-state index contributed by atoms with van der Waals surface area (Å²) in [6.45, 7) is 0. The van der Waals surface area contributed by atoms with Gasteiger partial charge < -0.3 is 0 Å². The van der Waals surface area contributed by atoms with Gasteiger partial charge in [-0.15, -0.1) is 5.10 Å². The lowest BCUT2D eigenvalue weighted by Gasteiger charge is -2.06. The molecule has 20 heavy (non-hydrogen) atoms. The van der Waals surface area contributed by atoms with Crippen molar-refractivity contribution in [2.45, 2.75) is 17.0 Å². The molecule has 5 nitrogen and oxygen atoms in total. The number of alkyl halides is 3. The highest BCUT2D eigenvalue weighted by Crippen LogP contribution is 2.29. The van der Waals surface area contributed by atoms with Crippen molar-refractivity contribution in [3.63, 3.8) is 0 Å². The van der Waals surface area contributed by atoms with Crippen LogP contribution < -0.4 is 0 Å². The lowest BCUT2D eigenvalue weighted by molar-refractivity contribution is -0.191. The van der Waals surface area contributed by atoms with Gasteiger partial charge in [-0.1, -0.05) is 23.9 Å². The van der Waals surface area contributed by atoms with Crippen LogP contribution in [-0.4, -0.2) is 21.6 Å². The second-order valence-electron chi connectivity index (χ2n) is 3.37. The van der Waals surface area contributed by atoms with Crippen molar-refractivity contribution in [3.8, 4) is 0 Å². The van der Waals surface area contributed by atoms with E-state index in [0.29, 0.717) is 10.8 Å². The standard InChI is InChI=1S/C10H8F3N3S.CO2/c11-10(12,13)8-3-1-7(2-4-8)6-17-9-5-14-16-15-9;2-1-3/h1-5H,6H2,(H,14,15,16);. The number of nitrogens with one attached hydrogen (secondary N) is 1. The predicted molar refractivity (Wildman–Crippen MR) is 62.4 cm³/mol. The molecule has 0 amide bonds. The molecule has 0 aliphatic carbocycles. The fourth-order valence-corrected chi connectivity index (χ4v) is 1.95. The fourth-order valence-electron chi connectivity index (χ4n) is 1.21. The molecule has 1 N–H and O–H groups in total. The van der Waals surface area contributed by atoms with Crippen molar-refractivity contribution >= 4 is 17.9 Å². The average molecular weight is 303 g/mol. The Labute approximate surface area is 115 Å². The van der Waals surface area contributed by atoms with Gasteiger partial charge in [0.05, 0.1) is 11.8 Å². The molecule has 0 saturated carbocycles. The second-order valence-corrected chi connectivity index (χ2v) is 4.37. The molecule has 0 saturated heterocycles. The smallest absolute Gasteiger partial charge is 0.197 e. The number of aromatic amines is 1. The molecule has 0 spiro atoms. The number of nitrogens with zero attached hydrogens (tertiary/aromatic N) is 2. The first kappa shape index (κ1) is 15.9. The van der Waals surface area contributed by atoms with Crippen LogP contribution >= 0.6 is 11.8 Å². The molecular weight excluding hydrogens is 295 g/mol. The van der Waals surface area contributed by atoms with Crippen LogP contribution in [0.2, 0.25) is 0 Å². The number of hydrogen-bond donors (Lipinski definition) is 1. The zero-order chi connectivity index (χ0) is 15.0. The number of aromatic nitrogens is 3. The quantitative estimate of drug-likeness (QED) is 0.882. The van der Waals surface area contributed by atoms with E-state index in [-0.39, 0.29) is 6.15 Å². The average Bonchev–Trinajstić information content (AvgIpc) is 2.90. The van der Waals surface area contributed by atoms with Crippen LogP contribution in [-0.2, 0) is 21.5 Å². The maximum absolute atomic E-state index is 12.3. The molecule has 2 rings (SSSR count). The summed E-state index contributed by atoms with van der Waals surface area (Å²) >= 11 is 1.41. The van der Waals surface area contributed by atoms with Crippen LogP contribution in [0.15, 0.2) is 35.5 Å². The van der Waals surface area contributed by atoms with Gasteiger partial charge in [-0.3, -0.25) is 0 Å². The van der Waals surface area contributed by atoms with Gasteiger partial charge in [0.15, 0.2) is 0 Å². The van der Waals surface area contributed by atoms with Crippen LogP contribution in [0.5, 0.6) is 0 Å². The largest absolute Gasteiger partial charge is 0.416 e. The number of thioether (sulfide) groups is 1. The Balaban J connectivity index is 0.000000612. The number of benzene rings is 1. The van der Waals surface area contributed by atoms with E-state index in [0.717, 1.165) is 17.7 Å². The topological polar surface area (TPSA) is 75.7 Å². The van der Waals surface area contributed by atoms with Crippen molar-refractivity contribution in [2.75, 3.05) is 0 Å². The van der Waals surface area contributed by atoms with Gasteiger partial charge in [-0.25, -0.2) is 0 Å². The first-order valence-corrected chi connectivity index (χ1v) is 6.10. The van der Waals surface area contributed by atoms with Crippen LogP contribution in [0.1, 0.15) is 11.1 Å². The zero-order valence-corrected chi connectivity index (χ0v) is 10.7. The summed E-state index contributed by atoms with van der Waals surface area (Å²) < 4.78 is 36.9. The molecule has 0 bridgehead atoms. The molecule has 0 radical (unpaired) electrons. The Bertz CT molecular complexity index is 549. The van der Waals surface area contributed by atoms with E-state index in [4.69, 9.17) is 9.59 Å². The molecule has 106 valence electrons. The van der Waals surface area contributed by atoms with Gasteiger partial charge in [-0.2, -0.15) is 33.1 Å². The predicted octanol–water partition coefficient (Wildman–Crippen LogP) is 2.53. The van der Waals surface area contributed by atoms with Crippen LogP contribution in [0.3, 0.4) is 0 Å². The fraction of sp³-hybridized carbons (Fsp3) is 0.182. The molecule has 0 atom stereocenters. The third-order valence-corrected chi connectivity index (χ3v) is 3.03. The summed E-state index contributed by atoms with van der Waals surface area (Å²) in [5.74, 6) is 0.560. The van der Waals surface area contributed by atoms with E-state index >= 15 is 0 Å². The van der Waals surface area contributed by atoms with Crippen molar-refractivity contribution in [3.05, 3.63) is 41.6 Å². The first-order valence-electron chi connectivity index (χ1n) is 5.11. The van der Waals surface area contributed by atoms with Gasteiger partial charge in [0, 0.05) is 5.75 Å². The molecule has 1 aromatic carbocycles. The third kappa shape index (κ3) is 5.25.